The molecule has 0 radical (unpaired) electrons. The van der Waals surface area contributed by atoms with E-state index in [2.05, 4.69) is 4.99 Å². The van der Waals surface area contributed by atoms with E-state index in [-0.39, 0.29) is 17.8 Å². The number of nitrogens with zero attached hydrogens (tertiary/aromatic N) is 1. The van der Waals surface area contributed by atoms with E-state index < -0.39 is 0 Å². The smallest absolute Gasteiger partial charge is 0.213 e. The van der Waals surface area contributed by atoms with Crippen molar-refractivity contribution in [3.63, 3.8) is 0 Å². The Morgan fingerprint density at radius 2 is 2.13 bits per heavy atom. The van der Waals surface area contributed by atoms with Gasteiger partial charge < -0.3 is 5.73 Å². The Balaban J connectivity index is 2.58. The lowest BCUT2D eigenvalue weighted by molar-refractivity contribution is 0.232. The molecule has 0 spiro atoms. The van der Waals surface area contributed by atoms with E-state index in [1.54, 1.807) is 17.6 Å². The monoisotopic (exact) mass is 211 g/mol. The normalized spacial score (nSPS) is 13.7. The number of nitrogens with one attached hydrogen (secondary N) is 1. The molecule has 0 aliphatic rings. The van der Waals surface area contributed by atoms with Crippen LogP contribution in [0, 0.1) is 5.82 Å². The molecule has 0 bridgehead atoms. The highest BCUT2D eigenvalue weighted by Gasteiger charge is 2.02. The summed E-state index contributed by atoms with van der Waals surface area (Å²) in [6.07, 6.45) is 0.642. The molecule has 0 aliphatic heterocycles. The summed E-state index contributed by atoms with van der Waals surface area (Å²) in [4.78, 5) is 3.95. The molecule has 4 N–H and O–H groups in total. The van der Waals surface area contributed by atoms with Crippen LogP contribution in [0.25, 0.3) is 0 Å². The molecule has 0 fully saturated rings. The van der Waals surface area contributed by atoms with Gasteiger partial charge in [0.05, 0.1) is 6.04 Å². The molecule has 4 nitrogen and oxygen atoms in total. The average Bonchev–Trinajstić information content (AvgIpc) is 2.21. The minimum Gasteiger partial charge on any atom is -0.368 e. The van der Waals surface area contributed by atoms with Crippen LogP contribution in [-0.2, 0) is 6.42 Å². The second-order valence-electron chi connectivity index (χ2n) is 3.31. The summed E-state index contributed by atoms with van der Waals surface area (Å²) in [7, 11) is 0. The molecular formula is C10H14FN3O. The lowest BCUT2D eigenvalue weighted by Gasteiger charge is -2.07. The van der Waals surface area contributed by atoms with Gasteiger partial charge in [0.2, 0.25) is 5.96 Å². The first kappa shape index (κ1) is 11.5. The summed E-state index contributed by atoms with van der Waals surface area (Å²) in [5, 5.41) is 8.43. The lowest BCUT2D eigenvalue weighted by Crippen LogP contribution is -2.30. The van der Waals surface area contributed by atoms with Gasteiger partial charge in [0.1, 0.15) is 5.82 Å². The van der Waals surface area contributed by atoms with Crippen LogP contribution in [-0.4, -0.2) is 17.2 Å². The summed E-state index contributed by atoms with van der Waals surface area (Å²) >= 11 is 0. The second-order valence-corrected chi connectivity index (χ2v) is 3.31. The fraction of sp³-hybridized carbons (Fsp3) is 0.300. The number of hydroxylamine groups is 1. The fourth-order valence-corrected chi connectivity index (χ4v) is 1.27. The number of hydrogen-bond acceptors (Lipinski definition) is 2. The molecule has 0 amide bonds. The second kappa shape index (κ2) is 5.31. The first-order chi connectivity index (χ1) is 7.11. The molecule has 0 saturated heterocycles. The topological polar surface area (TPSA) is 70.6 Å². The number of aliphatic imine (C=N–C) groups is 1. The summed E-state index contributed by atoms with van der Waals surface area (Å²) in [5.41, 5.74) is 8.01. The van der Waals surface area contributed by atoms with E-state index in [9.17, 15) is 4.39 Å². The molecule has 0 aromatic heterocycles. The number of nitrogens with two attached hydrogens (primary N) is 1. The molecule has 1 atom stereocenters. The van der Waals surface area contributed by atoms with Gasteiger partial charge in [0.25, 0.3) is 0 Å². The average molecular weight is 211 g/mol. The van der Waals surface area contributed by atoms with Crippen molar-refractivity contribution in [3.8, 4) is 0 Å². The van der Waals surface area contributed by atoms with E-state index >= 15 is 0 Å². The Bertz CT molecular complexity index is 337. The third-order valence-corrected chi connectivity index (χ3v) is 1.92. The molecule has 1 rings (SSSR count). The minimum atomic E-state index is -0.258. The molecular weight excluding hydrogens is 197 g/mol. The SMILES string of the molecule is CC(Cc1ccc(F)cc1)N=C(N)NO. The largest absolute Gasteiger partial charge is 0.368 e. The maximum absolute atomic E-state index is 12.6. The van der Waals surface area contributed by atoms with E-state index in [1.807, 2.05) is 6.92 Å². The van der Waals surface area contributed by atoms with Crippen LogP contribution in [0.3, 0.4) is 0 Å². The Hall–Kier alpha value is -1.62. The van der Waals surface area contributed by atoms with E-state index in [0.717, 1.165) is 5.56 Å². The molecule has 1 unspecified atom stereocenters. The van der Waals surface area contributed by atoms with Crippen LogP contribution >= 0.6 is 0 Å². The third-order valence-electron chi connectivity index (χ3n) is 1.92. The Labute approximate surface area is 87.6 Å². The third kappa shape index (κ3) is 3.95. The van der Waals surface area contributed by atoms with Gasteiger partial charge in [-0.05, 0) is 31.0 Å². The molecule has 1 aromatic rings. The summed E-state index contributed by atoms with van der Waals surface area (Å²) in [5.74, 6) is -0.281. The molecule has 82 valence electrons. The van der Waals surface area contributed by atoms with Gasteiger partial charge in [0.15, 0.2) is 0 Å². The van der Waals surface area contributed by atoms with Crippen molar-refractivity contribution in [2.75, 3.05) is 0 Å². The maximum Gasteiger partial charge on any atom is 0.213 e. The lowest BCUT2D eigenvalue weighted by atomic mass is 10.1. The van der Waals surface area contributed by atoms with Gasteiger partial charge in [-0.3, -0.25) is 5.21 Å². The Kier molecular flexibility index (Phi) is 4.05. The van der Waals surface area contributed by atoms with Crippen LogP contribution in [0.15, 0.2) is 29.3 Å². The predicted octanol–water partition coefficient (Wildman–Crippen LogP) is 1.05. The highest BCUT2D eigenvalue weighted by Crippen LogP contribution is 2.07. The van der Waals surface area contributed by atoms with Crippen molar-refractivity contribution in [2.24, 2.45) is 10.7 Å². The zero-order chi connectivity index (χ0) is 11.3. The van der Waals surface area contributed by atoms with Crippen molar-refractivity contribution in [3.05, 3.63) is 35.6 Å². The molecule has 0 aliphatic carbocycles. The maximum atomic E-state index is 12.6. The summed E-state index contributed by atoms with van der Waals surface area (Å²) < 4.78 is 12.6. The number of hydrogen-bond donors (Lipinski definition) is 3. The number of halogens is 1. The fourth-order valence-electron chi connectivity index (χ4n) is 1.27. The standard InChI is InChI=1S/C10H14FN3O/c1-7(13-10(12)14-15)6-8-2-4-9(11)5-3-8/h2-5,7,15H,6H2,1H3,(H3,12,13,14). The van der Waals surface area contributed by atoms with Crippen molar-refractivity contribution in [1.29, 1.82) is 0 Å². The van der Waals surface area contributed by atoms with Crippen LogP contribution in [0.1, 0.15) is 12.5 Å². The van der Waals surface area contributed by atoms with Crippen molar-refractivity contribution in [2.45, 2.75) is 19.4 Å². The first-order valence-corrected chi connectivity index (χ1v) is 4.59. The number of guanidine groups is 1. The van der Waals surface area contributed by atoms with Gasteiger partial charge in [-0.25, -0.2) is 14.9 Å². The molecule has 0 heterocycles. The van der Waals surface area contributed by atoms with E-state index in [1.165, 1.54) is 12.1 Å². The predicted molar refractivity (Wildman–Crippen MR) is 56.1 cm³/mol. The van der Waals surface area contributed by atoms with E-state index in [0.29, 0.717) is 6.42 Å². The van der Waals surface area contributed by atoms with Crippen LogP contribution in [0.2, 0.25) is 0 Å². The quantitative estimate of drug-likeness (QED) is 0.397. The van der Waals surface area contributed by atoms with Crippen molar-refractivity contribution < 1.29 is 9.60 Å². The van der Waals surface area contributed by atoms with Gasteiger partial charge in [0, 0.05) is 0 Å². The zero-order valence-corrected chi connectivity index (χ0v) is 8.44. The van der Waals surface area contributed by atoms with Gasteiger partial charge in [-0.15, -0.1) is 0 Å². The summed E-state index contributed by atoms with van der Waals surface area (Å²) in [6, 6.07) is 6.13. The van der Waals surface area contributed by atoms with Crippen LogP contribution in [0.5, 0.6) is 0 Å². The van der Waals surface area contributed by atoms with Gasteiger partial charge in [-0.1, -0.05) is 12.1 Å². The van der Waals surface area contributed by atoms with Gasteiger partial charge >= 0.3 is 0 Å². The van der Waals surface area contributed by atoms with Crippen molar-refractivity contribution >= 4 is 5.96 Å². The zero-order valence-electron chi connectivity index (χ0n) is 8.44. The summed E-state index contributed by atoms with van der Waals surface area (Å²) in [6.45, 7) is 1.85. The van der Waals surface area contributed by atoms with E-state index in [4.69, 9.17) is 10.9 Å². The van der Waals surface area contributed by atoms with Gasteiger partial charge in [-0.2, -0.15) is 0 Å². The highest BCUT2D eigenvalue weighted by molar-refractivity contribution is 5.76. The molecule has 5 heteroatoms. The minimum absolute atomic E-state index is 0.0235. The van der Waals surface area contributed by atoms with Crippen molar-refractivity contribution in [1.82, 2.24) is 5.48 Å². The van der Waals surface area contributed by atoms with Crippen LogP contribution < -0.4 is 11.2 Å². The number of rotatable bonds is 3. The molecule has 0 saturated carbocycles. The molecule has 1 aromatic carbocycles. The number of benzene rings is 1. The Morgan fingerprint density at radius 3 is 2.67 bits per heavy atom. The van der Waals surface area contributed by atoms with Crippen LogP contribution in [0.4, 0.5) is 4.39 Å². The molecule has 15 heavy (non-hydrogen) atoms. The Morgan fingerprint density at radius 1 is 1.53 bits per heavy atom. The highest BCUT2D eigenvalue weighted by atomic mass is 19.1. The first-order valence-electron chi connectivity index (χ1n) is 4.59.